The van der Waals surface area contributed by atoms with Crippen molar-refractivity contribution in [3.8, 4) is 5.75 Å². The van der Waals surface area contributed by atoms with Gasteiger partial charge in [0, 0.05) is 12.6 Å². The third-order valence-electron chi connectivity index (χ3n) is 2.20. The summed E-state index contributed by atoms with van der Waals surface area (Å²) in [4.78, 5) is 10.6. The van der Waals surface area contributed by atoms with Crippen molar-refractivity contribution in [1.29, 1.82) is 0 Å². The van der Waals surface area contributed by atoms with Crippen molar-refractivity contribution in [3.05, 3.63) is 29.3 Å². The molecule has 13 heavy (non-hydrogen) atoms. The predicted molar refractivity (Wildman–Crippen MR) is 49.1 cm³/mol. The molecule has 3 heteroatoms. The Morgan fingerprint density at radius 1 is 1.62 bits per heavy atom. The van der Waals surface area contributed by atoms with Gasteiger partial charge in [0.05, 0.1) is 12.7 Å². The van der Waals surface area contributed by atoms with Crippen molar-refractivity contribution in [2.24, 2.45) is 0 Å². The molecule has 0 aromatic heterocycles. The van der Waals surface area contributed by atoms with Gasteiger partial charge in [-0.25, -0.2) is 0 Å². The first-order valence-electron chi connectivity index (χ1n) is 4.21. The minimum Gasteiger partial charge on any atom is -0.496 e. The van der Waals surface area contributed by atoms with E-state index in [-0.39, 0.29) is 0 Å². The second-order valence-electron chi connectivity index (χ2n) is 3.08. The molecule has 0 bridgehead atoms. The van der Waals surface area contributed by atoms with Crippen LogP contribution in [0.3, 0.4) is 0 Å². The molecule has 68 valence electrons. The van der Waals surface area contributed by atoms with Gasteiger partial charge in [0.1, 0.15) is 5.75 Å². The van der Waals surface area contributed by atoms with Crippen LogP contribution in [0.1, 0.15) is 22.0 Å². The van der Waals surface area contributed by atoms with Gasteiger partial charge in [-0.3, -0.25) is 4.79 Å². The Bertz CT molecular complexity index is 332. The van der Waals surface area contributed by atoms with Gasteiger partial charge < -0.3 is 10.1 Å². The van der Waals surface area contributed by atoms with Crippen LogP contribution in [0.25, 0.3) is 0 Å². The standard InChI is InChI=1S/C10H11NO2/c1-13-10-4-7(9-5-11-9)2-3-8(10)6-12/h2-4,6,9,11H,5H2,1H3. The number of nitrogens with one attached hydrogen (secondary N) is 1. The zero-order chi connectivity index (χ0) is 9.26. The van der Waals surface area contributed by atoms with Crippen LogP contribution < -0.4 is 10.1 Å². The molecule has 1 aromatic carbocycles. The van der Waals surface area contributed by atoms with Crippen molar-refractivity contribution in [1.82, 2.24) is 5.32 Å². The molecule has 3 nitrogen and oxygen atoms in total. The molecule has 1 aliphatic heterocycles. The van der Waals surface area contributed by atoms with E-state index in [1.165, 1.54) is 5.56 Å². The fourth-order valence-corrected chi connectivity index (χ4v) is 1.34. The van der Waals surface area contributed by atoms with Crippen LogP contribution in [0.15, 0.2) is 18.2 Å². The number of hydrogen-bond donors (Lipinski definition) is 1. The zero-order valence-corrected chi connectivity index (χ0v) is 7.41. The highest BCUT2D eigenvalue weighted by molar-refractivity contribution is 5.79. The Morgan fingerprint density at radius 3 is 2.92 bits per heavy atom. The maximum absolute atomic E-state index is 10.6. The van der Waals surface area contributed by atoms with E-state index in [9.17, 15) is 4.79 Å². The molecule has 0 amide bonds. The largest absolute Gasteiger partial charge is 0.496 e. The number of carbonyl (C=O) groups is 1. The number of aldehydes is 1. The maximum atomic E-state index is 10.6. The Kier molecular flexibility index (Phi) is 2.02. The summed E-state index contributed by atoms with van der Waals surface area (Å²) in [6.45, 7) is 1.02. The smallest absolute Gasteiger partial charge is 0.153 e. The summed E-state index contributed by atoms with van der Waals surface area (Å²) >= 11 is 0. The molecule has 0 aliphatic carbocycles. The van der Waals surface area contributed by atoms with Gasteiger partial charge in [-0.15, -0.1) is 0 Å². The average molecular weight is 177 g/mol. The highest BCUT2D eigenvalue weighted by Crippen LogP contribution is 2.26. The Hall–Kier alpha value is -1.35. The summed E-state index contributed by atoms with van der Waals surface area (Å²) in [5, 5.41) is 3.20. The van der Waals surface area contributed by atoms with Crippen LogP contribution in [-0.4, -0.2) is 19.9 Å². The number of ether oxygens (including phenoxy) is 1. The summed E-state index contributed by atoms with van der Waals surface area (Å²) in [5.41, 5.74) is 1.79. The summed E-state index contributed by atoms with van der Waals surface area (Å²) in [6.07, 6.45) is 0.808. The van der Waals surface area contributed by atoms with E-state index in [2.05, 4.69) is 5.32 Å². The number of rotatable bonds is 3. The molecule has 0 radical (unpaired) electrons. The lowest BCUT2D eigenvalue weighted by atomic mass is 10.1. The summed E-state index contributed by atoms with van der Waals surface area (Å²) < 4.78 is 5.10. The van der Waals surface area contributed by atoms with Gasteiger partial charge in [0.15, 0.2) is 6.29 Å². The van der Waals surface area contributed by atoms with Gasteiger partial charge in [-0.1, -0.05) is 6.07 Å². The minimum atomic E-state index is 0.453. The summed E-state index contributed by atoms with van der Waals surface area (Å²) in [5.74, 6) is 0.654. The molecule has 1 aliphatic rings. The summed E-state index contributed by atoms with van der Waals surface area (Å²) in [7, 11) is 1.58. The lowest BCUT2D eigenvalue weighted by Crippen LogP contribution is -1.93. The first kappa shape index (κ1) is 8.26. The zero-order valence-electron chi connectivity index (χ0n) is 7.41. The fourth-order valence-electron chi connectivity index (χ4n) is 1.34. The molecule has 0 spiro atoms. The van der Waals surface area contributed by atoms with E-state index in [4.69, 9.17) is 4.74 Å². The molecule has 0 saturated carbocycles. The second kappa shape index (κ2) is 3.18. The van der Waals surface area contributed by atoms with Gasteiger partial charge in [0.2, 0.25) is 0 Å². The average Bonchev–Trinajstić information content (AvgIpc) is 3.00. The van der Waals surface area contributed by atoms with Crippen LogP contribution in [0, 0.1) is 0 Å². The minimum absolute atomic E-state index is 0.453. The van der Waals surface area contributed by atoms with Crippen LogP contribution in [0.4, 0.5) is 0 Å². The van der Waals surface area contributed by atoms with Crippen molar-refractivity contribution in [2.75, 3.05) is 13.7 Å². The van der Waals surface area contributed by atoms with Crippen LogP contribution >= 0.6 is 0 Å². The number of carbonyl (C=O) groups excluding carboxylic acids is 1. The SMILES string of the molecule is COc1cc(C2CN2)ccc1C=O. The second-order valence-corrected chi connectivity index (χ2v) is 3.08. The molecule has 1 N–H and O–H groups in total. The summed E-state index contributed by atoms with van der Waals surface area (Å²) in [6, 6.07) is 6.11. The monoisotopic (exact) mass is 177 g/mol. The number of methoxy groups -OCH3 is 1. The lowest BCUT2D eigenvalue weighted by Gasteiger charge is -2.04. The van der Waals surface area contributed by atoms with E-state index in [0.29, 0.717) is 17.4 Å². The number of hydrogen-bond acceptors (Lipinski definition) is 3. The first-order chi connectivity index (χ1) is 6.35. The molecule has 1 unspecified atom stereocenters. The highest BCUT2D eigenvalue weighted by Gasteiger charge is 2.22. The normalized spacial score (nSPS) is 19.6. The van der Waals surface area contributed by atoms with E-state index >= 15 is 0 Å². The van der Waals surface area contributed by atoms with Gasteiger partial charge in [0.25, 0.3) is 0 Å². The Labute approximate surface area is 76.7 Å². The van der Waals surface area contributed by atoms with E-state index in [0.717, 1.165) is 12.8 Å². The molecule has 1 atom stereocenters. The number of benzene rings is 1. The molecule has 1 saturated heterocycles. The van der Waals surface area contributed by atoms with Crippen molar-refractivity contribution < 1.29 is 9.53 Å². The van der Waals surface area contributed by atoms with Crippen molar-refractivity contribution in [3.63, 3.8) is 0 Å². The predicted octanol–water partition coefficient (Wildman–Crippen LogP) is 1.15. The van der Waals surface area contributed by atoms with Gasteiger partial charge in [-0.05, 0) is 17.7 Å². The van der Waals surface area contributed by atoms with Crippen molar-refractivity contribution >= 4 is 6.29 Å². The van der Waals surface area contributed by atoms with Crippen LogP contribution in [-0.2, 0) is 0 Å². The van der Waals surface area contributed by atoms with Crippen LogP contribution in [0.2, 0.25) is 0 Å². The molecular formula is C10H11NO2. The molecule has 1 heterocycles. The van der Waals surface area contributed by atoms with Gasteiger partial charge >= 0.3 is 0 Å². The Balaban J connectivity index is 2.36. The van der Waals surface area contributed by atoms with E-state index in [1.807, 2.05) is 12.1 Å². The van der Waals surface area contributed by atoms with Crippen LogP contribution in [0.5, 0.6) is 5.75 Å². The molecule has 1 fully saturated rings. The lowest BCUT2D eigenvalue weighted by molar-refractivity contribution is 0.112. The quantitative estimate of drug-likeness (QED) is 0.556. The Morgan fingerprint density at radius 2 is 2.38 bits per heavy atom. The van der Waals surface area contributed by atoms with E-state index < -0.39 is 0 Å². The third kappa shape index (κ3) is 1.55. The maximum Gasteiger partial charge on any atom is 0.153 e. The van der Waals surface area contributed by atoms with Gasteiger partial charge in [-0.2, -0.15) is 0 Å². The van der Waals surface area contributed by atoms with E-state index in [1.54, 1.807) is 13.2 Å². The first-order valence-corrected chi connectivity index (χ1v) is 4.21. The van der Waals surface area contributed by atoms with Crippen molar-refractivity contribution in [2.45, 2.75) is 6.04 Å². The topological polar surface area (TPSA) is 48.2 Å². The highest BCUT2D eigenvalue weighted by atomic mass is 16.5. The molecule has 2 rings (SSSR count). The molecular weight excluding hydrogens is 166 g/mol. The molecule has 1 aromatic rings. The third-order valence-corrected chi connectivity index (χ3v) is 2.20. The fraction of sp³-hybridized carbons (Fsp3) is 0.300.